The molecule has 20 nitrogen and oxygen atoms in total. The van der Waals surface area contributed by atoms with Crippen LogP contribution in [0.4, 0.5) is 28.4 Å². The van der Waals surface area contributed by atoms with Crippen molar-refractivity contribution < 1.29 is 31.2 Å². The number of carbonyl (C=O) groups is 2. The summed E-state index contributed by atoms with van der Waals surface area (Å²) in [5.74, 6) is 3.50. The summed E-state index contributed by atoms with van der Waals surface area (Å²) in [6, 6.07) is 7.65. The SMILES string of the molecule is CCOc1c(N(C)c2cc(C)c(CCS(=O)(=O)N3CCC4(CC3)N=C(C3CCC(C)CC3)NC4=O)c(C)c2)c(=O)c1=O.Cc1cc(N(C)c2c(N(C)C)c(=O)c2=O)cc(C)c1CCS(=O)(=O)N1CCC2(CC1)N=C(C1CCC(C)CC1)NC2=O. The van der Waals surface area contributed by atoms with Crippen molar-refractivity contribution >= 4 is 72.0 Å². The van der Waals surface area contributed by atoms with Gasteiger partial charge >= 0.3 is 0 Å². The zero-order chi connectivity index (χ0) is 61.0. The van der Waals surface area contributed by atoms with Crippen LogP contribution in [0.5, 0.6) is 5.75 Å². The van der Waals surface area contributed by atoms with Crippen LogP contribution in [0.3, 0.4) is 0 Å². The van der Waals surface area contributed by atoms with Crippen molar-refractivity contribution in [2.75, 3.05) is 87.2 Å². The lowest BCUT2D eigenvalue weighted by Gasteiger charge is -2.35. The number of nitrogens with one attached hydrogen (secondary N) is 2. The lowest BCUT2D eigenvalue weighted by atomic mass is 9.82. The van der Waals surface area contributed by atoms with E-state index in [0.717, 1.165) is 108 Å². The smallest absolute Gasteiger partial charge is 0.272 e. The third-order valence-corrected chi connectivity index (χ3v) is 22.9. The van der Waals surface area contributed by atoms with E-state index in [1.165, 1.54) is 8.61 Å². The minimum atomic E-state index is -3.54. The van der Waals surface area contributed by atoms with Gasteiger partial charge in [0, 0.05) is 77.6 Å². The highest BCUT2D eigenvalue weighted by Crippen LogP contribution is 2.39. The number of amidine groups is 2. The number of sulfonamides is 2. The molecule has 84 heavy (non-hydrogen) atoms. The predicted octanol–water partition coefficient (Wildman–Crippen LogP) is 5.92. The first-order valence-electron chi connectivity index (χ1n) is 30.0. The van der Waals surface area contributed by atoms with Crippen LogP contribution < -0.4 is 51.8 Å². The summed E-state index contributed by atoms with van der Waals surface area (Å²) in [6.07, 6.45) is 11.0. The Morgan fingerprint density at radius 3 is 1.24 bits per heavy atom. The standard InChI is InChI=1S/C31H43N5O5S.C31H42N4O6S/c1-19-7-9-22(10-8-19)29-32-30(39)31(33-29)12-14-36(15-13-31)42(40,41)16-11-24-20(2)17-23(18-21(24)3)35(6)26-25(34(4)5)27(37)28(26)38;1-6-41-28-25(26(36)27(28)37)34(5)23-17-20(3)24(21(4)18-23)11-16-42(39,40)35-14-12-31(13-15-35)30(38)32-29(33-31)22-9-7-19(2)8-10-22/h17-19,22H,7-16H2,1-6H3,(H,32,33,39);17-19,22H,6-16H2,1-5H3,(H,32,33,38). The average Bonchev–Trinajstić information content (AvgIpc) is 2.68. The van der Waals surface area contributed by atoms with Gasteiger partial charge in [-0.05, 0) is 168 Å². The molecule has 2 amide bonds. The molecule has 456 valence electrons. The Hall–Kier alpha value is -6.10. The molecule has 2 aliphatic carbocycles. The Morgan fingerprint density at radius 2 is 0.881 bits per heavy atom. The van der Waals surface area contributed by atoms with Gasteiger partial charge in [0.25, 0.3) is 33.5 Å². The van der Waals surface area contributed by atoms with E-state index in [2.05, 4.69) is 24.5 Å². The number of hydrogen-bond donors (Lipinski definition) is 2. The van der Waals surface area contributed by atoms with Gasteiger partial charge in [0.15, 0.2) is 5.75 Å². The third kappa shape index (κ3) is 12.2. The second-order valence-corrected chi connectivity index (χ2v) is 29.2. The number of hydrogen-bond acceptors (Lipinski definition) is 16. The lowest BCUT2D eigenvalue weighted by Crippen LogP contribution is -2.51. The molecule has 4 fully saturated rings. The summed E-state index contributed by atoms with van der Waals surface area (Å²) in [6.45, 7) is 15.4. The normalized spacial score (nSPS) is 22.8. The first kappa shape index (κ1) is 62.4. The summed E-state index contributed by atoms with van der Waals surface area (Å²) >= 11 is 0. The maximum atomic E-state index is 13.4. The van der Waals surface area contributed by atoms with Gasteiger partial charge in [-0.25, -0.2) is 25.4 Å². The number of benzene rings is 2. The summed E-state index contributed by atoms with van der Waals surface area (Å²) in [5.41, 5.74) is 4.17. The number of aliphatic imine (C=N–C) groups is 2. The fourth-order valence-corrected chi connectivity index (χ4v) is 16.5. The minimum absolute atomic E-state index is 0.0270. The van der Waals surface area contributed by atoms with E-state index in [9.17, 15) is 45.6 Å². The Balaban J connectivity index is 0.000000202. The zero-order valence-corrected chi connectivity index (χ0v) is 52.5. The fraction of sp³-hybridized carbons (Fsp3) is 0.613. The molecule has 2 N–H and O–H groups in total. The van der Waals surface area contributed by atoms with Crippen LogP contribution in [0.1, 0.15) is 131 Å². The first-order valence-corrected chi connectivity index (χ1v) is 33.2. The van der Waals surface area contributed by atoms with Crippen molar-refractivity contribution in [2.45, 2.75) is 149 Å². The maximum absolute atomic E-state index is 13.4. The van der Waals surface area contributed by atoms with E-state index in [1.807, 2.05) is 52.0 Å². The number of carbonyl (C=O) groups excluding carboxylic acids is 2. The highest BCUT2D eigenvalue weighted by molar-refractivity contribution is 7.89. The summed E-state index contributed by atoms with van der Waals surface area (Å²) in [4.78, 5) is 89.3. The van der Waals surface area contributed by atoms with Gasteiger partial charge < -0.3 is 30.1 Å². The quantitative estimate of drug-likeness (QED) is 0.117. The largest absolute Gasteiger partial charge is 0.488 e. The number of rotatable bonds is 17. The molecule has 2 saturated heterocycles. The van der Waals surface area contributed by atoms with E-state index in [0.29, 0.717) is 73.6 Å². The van der Waals surface area contributed by atoms with Crippen LogP contribution in [0, 0.1) is 51.4 Å². The van der Waals surface area contributed by atoms with Gasteiger partial charge in [-0.2, -0.15) is 0 Å². The first-order chi connectivity index (χ1) is 39.6. The molecule has 0 unspecified atom stereocenters. The van der Waals surface area contributed by atoms with E-state index in [1.54, 1.807) is 49.8 Å². The lowest BCUT2D eigenvalue weighted by molar-refractivity contribution is -0.125. The number of amides is 2. The molecule has 10 rings (SSSR count). The molecule has 0 aromatic heterocycles. The molecule has 6 aliphatic rings. The highest BCUT2D eigenvalue weighted by Gasteiger charge is 2.50. The van der Waals surface area contributed by atoms with Crippen LogP contribution >= 0.6 is 0 Å². The van der Waals surface area contributed by atoms with E-state index in [-0.39, 0.29) is 67.5 Å². The molecule has 0 atom stereocenters. The van der Waals surface area contributed by atoms with Crippen molar-refractivity contribution in [3.05, 3.63) is 98.5 Å². The number of nitrogens with zero attached hydrogens (tertiary/aromatic N) is 7. The van der Waals surface area contributed by atoms with Crippen LogP contribution in [-0.4, -0.2) is 132 Å². The summed E-state index contributed by atoms with van der Waals surface area (Å²) < 4.78 is 61.9. The number of aryl methyl sites for hydroxylation is 4. The molecule has 22 heteroatoms. The molecule has 4 aliphatic heterocycles. The van der Waals surface area contributed by atoms with Crippen molar-refractivity contribution in [1.29, 1.82) is 0 Å². The number of piperidine rings is 2. The summed E-state index contributed by atoms with van der Waals surface area (Å²) in [5, 5.41) is 6.10. The molecule has 2 spiro atoms. The molecule has 4 aromatic rings. The highest BCUT2D eigenvalue weighted by atomic mass is 32.2. The van der Waals surface area contributed by atoms with Crippen LogP contribution in [0.15, 0.2) is 53.4 Å². The van der Waals surface area contributed by atoms with Gasteiger partial charge in [-0.15, -0.1) is 0 Å². The Kier molecular flexibility index (Phi) is 18.1. The van der Waals surface area contributed by atoms with Crippen molar-refractivity contribution in [3.63, 3.8) is 0 Å². The van der Waals surface area contributed by atoms with Gasteiger partial charge in [0.2, 0.25) is 20.0 Å². The fourth-order valence-electron chi connectivity index (χ4n) is 13.6. The zero-order valence-electron chi connectivity index (χ0n) is 50.9. The Bertz CT molecular complexity index is 3590. The van der Waals surface area contributed by atoms with E-state index in [4.69, 9.17) is 14.7 Å². The molecular formula is C62H85N9O11S2. The molecule has 4 aromatic carbocycles. The molecule has 4 heterocycles. The Labute approximate surface area is 494 Å². The van der Waals surface area contributed by atoms with Gasteiger partial charge in [-0.3, -0.25) is 38.8 Å². The van der Waals surface area contributed by atoms with Crippen LogP contribution in [0.2, 0.25) is 0 Å². The second-order valence-electron chi connectivity index (χ2n) is 25.1. The van der Waals surface area contributed by atoms with Gasteiger partial charge in [0.05, 0.1) is 18.1 Å². The van der Waals surface area contributed by atoms with Crippen LogP contribution in [-0.2, 0) is 42.5 Å². The van der Waals surface area contributed by atoms with Gasteiger partial charge in [-0.1, -0.05) is 39.5 Å². The second kappa shape index (κ2) is 24.3. The average molecular weight is 1200 g/mol. The minimum Gasteiger partial charge on any atom is -0.488 e. The van der Waals surface area contributed by atoms with E-state index >= 15 is 0 Å². The van der Waals surface area contributed by atoms with Crippen molar-refractivity contribution in [2.24, 2.45) is 33.7 Å². The monoisotopic (exact) mass is 1200 g/mol. The molecular weight excluding hydrogens is 1110 g/mol. The van der Waals surface area contributed by atoms with Crippen molar-refractivity contribution in [3.8, 4) is 5.75 Å². The Morgan fingerprint density at radius 1 is 0.536 bits per heavy atom. The molecule has 0 bridgehead atoms. The van der Waals surface area contributed by atoms with Crippen LogP contribution in [0.25, 0.3) is 0 Å². The topological polar surface area (TPSA) is 245 Å². The molecule has 2 saturated carbocycles. The predicted molar refractivity (Wildman–Crippen MR) is 332 cm³/mol. The summed E-state index contributed by atoms with van der Waals surface area (Å²) in [7, 11) is -0.130. The van der Waals surface area contributed by atoms with E-state index < -0.39 is 52.8 Å². The maximum Gasteiger partial charge on any atom is 0.272 e. The van der Waals surface area contributed by atoms with Gasteiger partial charge in [0.1, 0.15) is 39.8 Å². The molecule has 0 radical (unpaired) electrons. The third-order valence-electron chi connectivity index (χ3n) is 19.2. The number of ether oxygens (including phenoxy) is 1. The van der Waals surface area contributed by atoms with Crippen molar-refractivity contribution in [1.82, 2.24) is 19.2 Å². The number of anilines is 5.